The topological polar surface area (TPSA) is 121 Å². The number of nitriles is 1. The van der Waals surface area contributed by atoms with Gasteiger partial charge in [0.2, 0.25) is 0 Å². The maximum atomic E-state index is 12.0. The summed E-state index contributed by atoms with van der Waals surface area (Å²) in [6.07, 6.45) is -1.15. The van der Waals surface area contributed by atoms with Crippen LogP contribution in [0.5, 0.6) is 5.75 Å². The lowest BCUT2D eigenvalue weighted by Crippen LogP contribution is -2.61. The molecule has 1 aromatic rings. The van der Waals surface area contributed by atoms with Crippen LogP contribution in [0, 0.1) is 23.2 Å². The molecule has 9 nitrogen and oxygen atoms in total. The van der Waals surface area contributed by atoms with E-state index < -0.39 is 17.9 Å². The number of nitrogens with zero attached hydrogens (tertiary/aromatic N) is 3. The average molecular weight is 433 g/mol. The highest BCUT2D eigenvalue weighted by molar-refractivity contribution is 5.60. The first-order valence-corrected chi connectivity index (χ1v) is 10.6. The van der Waals surface area contributed by atoms with Gasteiger partial charge in [-0.25, -0.2) is 4.79 Å². The molecule has 170 valence electrons. The Hall–Kier alpha value is -2.38. The Kier molecular flexibility index (Phi) is 7.38. The fourth-order valence-corrected chi connectivity index (χ4v) is 4.08. The Morgan fingerprint density at radius 1 is 1.23 bits per heavy atom. The van der Waals surface area contributed by atoms with E-state index in [2.05, 4.69) is 11.0 Å². The summed E-state index contributed by atoms with van der Waals surface area (Å²) in [5, 5.41) is 21.0. The van der Waals surface area contributed by atoms with Crippen molar-refractivity contribution < 1.29 is 24.2 Å². The van der Waals surface area contributed by atoms with Gasteiger partial charge in [-0.05, 0) is 45.0 Å². The Balaban J connectivity index is 1.46. The first-order chi connectivity index (χ1) is 14.6. The van der Waals surface area contributed by atoms with Gasteiger partial charge < -0.3 is 30.1 Å². The van der Waals surface area contributed by atoms with Crippen LogP contribution in [0.15, 0.2) is 24.3 Å². The van der Waals surface area contributed by atoms with Crippen LogP contribution >= 0.6 is 0 Å². The largest absolute Gasteiger partial charge is 0.528 e. The van der Waals surface area contributed by atoms with Crippen LogP contribution in [0.2, 0.25) is 0 Å². The second-order valence-corrected chi connectivity index (χ2v) is 9.34. The number of likely N-dealkylation sites (tertiary alicyclic amines) is 1. The molecule has 31 heavy (non-hydrogen) atoms. The Morgan fingerprint density at radius 3 is 2.39 bits per heavy atom. The lowest BCUT2D eigenvalue weighted by molar-refractivity contribution is -0.203. The molecule has 3 rings (SSSR count). The normalized spacial score (nSPS) is 25.4. The predicted molar refractivity (Wildman–Crippen MR) is 113 cm³/mol. The third kappa shape index (κ3) is 6.80. The number of aliphatic hydroxyl groups excluding tert-OH is 1. The minimum atomic E-state index is -0.721. The number of hydrogen-bond acceptors (Lipinski definition) is 9. The zero-order valence-electron chi connectivity index (χ0n) is 18.4. The van der Waals surface area contributed by atoms with Crippen molar-refractivity contribution in [3.05, 3.63) is 29.8 Å². The summed E-state index contributed by atoms with van der Waals surface area (Å²) < 4.78 is 11.0. The lowest BCUT2D eigenvalue weighted by Gasteiger charge is -2.48. The molecule has 3 atom stereocenters. The van der Waals surface area contributed by atoms with E-state index in [1.165, 1.54) is 0 Å². The van der Waals surface area contributed by atoms with Crippen molar-refractivity contribution in [1.82, 2.24) is 9.96 Å². The summed E-state index contributed by atoms with van der Waals surface area (Å²) in [4.78, 5) is 19.5. The third-order valence-corrected chi connectivity index (χ3v) is 5.36. The van der Waals surface area contributed by atoms with Crippen molar-refractivity contribution in [2.24, 2.45) is 17.6 Å². The maximum Gasteiger partial charge on any atom is 0.528 e. The zero-order valence-corrected chi connectivity index (χ0v) is 18.4. The standard InChI is InChI=1S/C22H32N4O5/c1-22(2,3)30-21(28)31-26-11-16-9-25(10-17(12-26)20(16)27)13-18(24)14-29-19-6-4-15(8-23)5-7-19/h4-7,16-18,20,27H,9-14,24H2,1-3H3. The molecule has 0 spiro atoms. The van der Waals surface area contributed by atoms with E-state index in [0.717, 1.165) is 0 Å². The summed E-state index contributed by atoms with van der Waals surface area (Å²) in [5.41, 5.74) is 6.23. The molecule has 3 unspecified atom stereocenters. The van der Waals surface area contributed by atoms with Gasteiger partial charge in [0.1, 0.15) is 18.0 Å². The Morgan fingerprint density at radius 2 is 1.84 bits per heavy atom. The van der Waals surface area contributed by atoms with Crippen LogP contribution in [0.25, 0.3) is 0 Å². The van der Waals surface area contributed by atoms with E-state index in [1.54, 1.807) is 50.1 Å². The Labute approximate surface area is 183 Å². The van der Waals surface area contributed by atoms with E-state index in [9.17, 15) is 9.90 Å². The van der Waals surface area contributed by atoms with Gasteiger partial charge in [-0.1, -0.05) is 0 Å². The number of carbonyl (C=O) groups excluding carboxylic acids is 1. The summed E-state index contributed by atoms with van der Waals surface area (Å²) in [7, 11) is 0. The minimum absolute atomic E-state index is 0.0402. The van der Waals surface area contributed by atoms with Gasteiger partial charge in [0.05, 0.1) is 23.8 Å². The number of hydroxylamine groups is 2. The van der Waals surface area contributed by atoms with Crippen molar-refractivity contribution in [3.8, 4) is 11.8 Å². The molecule has 2 aliphatic rings. The van der Waals surface area contributed by atoms with Crippen LogP contribution in [0.3, 0.4) is 0 Å². The van der Waals surface area contributed by atoms with Crippen LogP contribution < -0.4 is 10.5 Å². The first-order valence-electron chi connectivity index (χ1n) is 10.6. The second kappa shape index (κ2) is 9.83. The van der Waals surface area contributed by atoms with Crippen LogP contribution in [0.1, 0.15) is 26.3 Å². The first kappa shape index (κ1) is 23.3. The number of carbonyl (C=O) groups is 1. The molecule has 0 saturated carbocycles. The van der Waals surface area contributed by atoms with Gasteiger partial charge >= 0.3 is 6.16 Å². The van der Waals surface area contributed by atoms with E-state index >= 15 is 0 Å². The van der Waals surface area contributed by atoms with E-state index in [1.807, 2.05) is 0 Å². The van der Waals surface area contributed by atoms with Crippen molar-refractivity contribution in [1.29, 1.82) is 5.26 Å². The predicted octanol–water partition coefficient (Wildman–Crippen LogP) is 1.36. The summed E-state index contributed by atoms with van der Waals surface area (Å²) in [5.74, 6) is 0.596. The molecule has 0 aliphatic carbocycles. The van der Waals surface area contributed by atoms with Gasteiger partial charge in [0.15, 0.2) is 0 Å². The van der Waals surface area contributed by atoms with Crippen molar-refractivity contribution in [2.75, 3.05) is 39.3 Å². The minimum Gasteiger partial charge on any atom is -0.492 e. The summed E-state index contributed by atoms with van der Waals surface area (Å²) in [6, 6.07) is 8.81. The van der Waals surface area contributed by atoms with E-state index in [-0.39, 0.29) is 17.9 Å². The van der Waals surface area contributed by atoms with E-state index in [0.29, 0.717) is 50.6 Å². The molecular formula is C22H32N4O5. The maximum absolute atomic E-state index is 12.0. The number of fused-ring (bicyclic) bond motifs is 2. The SMILES string of the molecule is CC(C)(C)OC(=O)ON1CC2CN(CC(N)COc3ccc(C#N)cc3)CC(C1)C2O. The molecule has 2 saturated heterocycles. The number of aliphatic hydroxyl groups is 1. The average Bonchev–Trinajstić information content (AvgIpc) is 2.67. The zero-order chi connectivity index (χ0) is 22.6. The lowest BCUT2D eigenvalue weighted by atomic mass is 9.82. The number of hydrogen-bond donors (Lipinski definition) is 2. The third-order valence-electron chi connectivity index (χ3n) is 5.36. The molecule has 2 bridgehead atoms. The number of benzene rings is 1. The van der Waals surface area contributed by atoms with Gasteiger partial charge in [0, 0.05) is 44.6 Å². The van der Waals surface area contributed by atoms with Gasteiger partial charge in [0.25, 0.3) is 0 Å². The fourth-order valence-electron chi connectivity index (χ4n) is 4.08. The van der Waals surface area contributed by atoms with Gasteiger partial charge in [-0.15, -0.1) is 5.06 Å². The number of ether oxygens (including phenoxy) is 2. The molecule has 0 aromatic heterocycles. The molecule has 0 radical (unpaired) electrons. The molecule has 2 fully saturated rings. The van der Waals surface area contributed by atoms with Crippen LogP contribution in [-0.2, 0) is 9.57 Å². The highest BCUT2D eigenvalue weighted by Crippen LogP contribution is 2.29. The number of rotatable bonds is 6. The van der Waals surface area contributed by atoms with Crippen molar-refractivity contribution in [3.63, 3.8) is 0 Å². The highest BCUT2D eigenvalue weighted by Gasteiger charge is 2.43. The van der Waals surface area contributed by atoms with Crippen molar-refractivity contribution in [2.45, 2.75) is 38.5 Å². The molecule has 9 heteroatoms. The molecule has 2 heterocycles. The summed E-state index contributed by atoms with van der Waals surface area (Å²) >= 11 is 0. The number of nitrogens with two attached hydrogens (primary N) is 1. The fraction of sp³-hybridized carbons (Fsp3) is 0.636. The van der Waals surface area contributed by atoms with E-state index in [4.69, 9.17) is 25.3 Å². The van der Waals surface area contributed by atoms with Crippen LogP contribution in [0.4, 0.5) is 4.79 Å². The molecular weight excluding hydrogens is 400 g/mol. The van der Waals surface area contributed by atoms with Crippen molar-refractivity contribution >= 4 is 6.16 Å². The van der Waals surface area contributed by atoms with Gasteiger partial charge in [-0.2, -0.15) is 5.26 Å². The molecule has 1 aromatic carbocycles. The quantitative estimate of drug-likeness (QED) is 0.642. The highest BCUT2D eigenvalue weighted by atomic mass is 16.8. The molecule has 3 N–H and O–H groups in total. The monoisotopic (exact) mass is 432 g/mol. The smallest absolute Gasteiger partial charge is 0.492 e. The molecule has 2 aliphatic heterocycles. The van der Waals surface area contributed by atoms with Crippen LogP contribution in [-0.4, -0.2) is 78.3 Å². The van der Waals surface area contributed by atoms with Gasteiger partial charge in [-0.3, -0.25) is 0 Å². The molecule has 0 amide bonds. The summed E-state index contributed by atoms with van der Waals surface area (Å²) in [6.45, 7) is 8.58. The number of piperidine rings is 2. The second-order valence-electron chi connectivity index (χ2n) is 9.34. The Bertz CT molecular complexity index is 773.